The quantitative estimate of drug-likeness (QED) is 0.463. The van der Waals surface area contributed by atoms with Gasteiger partial charge >= 0.3 is 0 Å². The van der Waals surface area contributed by atoms with Crippen LogP contribution in [0.1, 0.15) is 16.7 Å². The first-order chi connectivity index (χ1) is 6.27. The average Bonchev–Trinajstić information content (AvgIpc) is 2.17. The molecule has 0 unspecified atom stereocenters. The van der Waals surface area contributed by atoms with Gasteiger partial charge in [0.1, 0.15) is 5.84 Å². The number of hydrogen-bond acceptors (Lipinski definition) is 1. The fourth-order valence-corrected chi connectivity index (χ4v) is 2.95. The van der Waals surface area contributed by atoms with Crippen LogP contribution in [-0.2, 0) is 0 Å². The fourth-order valence-electron chi connectivity index (χ4n) is 1.19. The Bertz CT molecular complexity index is 419. The van der Waals surface area contributed by atoms with E-state index in [1.54, 1.807) is 0 Å². The fraction of sp³-hybridized carbons (Fsp3) is 0. The molecule has 0 spiro atoms. The number of nitrogen functional groups attached to an aromatic ring is 1. The van der Waals surface area contributed by atoms with Gasteiger partial charge in [0.25, 0.3) is 0 Å². The van der Waals surface area contributed by atoms with Crippen LogP contribution in [0, 0.1) is 5.41 Å². The molecular weight excluding hydrogens is 275 g/mol. The summed E-state index contributed by atoms with van der Waals surface area (Å²) in [6, 6.07) is 5.91. The Morgan fingerprint density at radius 1 is 1.31 bits per heavy atom. The maximum absolute atomic E-state index is 7.30. The van der Waals surface area contributed by atoms with Crippen LogP contribution < -0.4 is 5.73 Å². The van der Waals surface area contributed by atoms with E-state index in [-0.39, 0.29) is 26.6 Å². The van der Waals surface area contributed by atoms with E-state index < -0.39 is 0 Å². The minimum atomic E-state index is 0.110. The number of nitrogens with two attached hydrogens (primary N) is 1. The highest BCUT2D eigenvalue weighted by Crippen LogP contribution is 2.20. The van der Waals surface area contributed by atoms with Crippen molar-refractivity contribution in [2.75, 3.05) is 0 Å². The Morgan fingerprint density at radius 2 is 2.15 bits per heavy atom. The number of amidine groups is 1. The van der Waals surface area contributed by atoms with Crippen molar-refractivity contribution in [3.8, 4) is 0 Å². The predicted molar refractivity (Wildman–Crippen MR) is 65.7 cm³/mol. The van der Waals surface area contributed by atoms with E-state index in [1.165, 1.54) is 11.1 Å². The number of benzene rings is 1. The van der Waals surface area contributed by atoms with Gasteiger partial charge < -0.3 is 5.73 Å². The van der Waals surface area contributed by atoms with Crippen LogP contribution in [0.15, 0.2) is 22.3 Å². The zero-order valence-corrected chi connectivity index (χ0v) is 9.08. The molecule has 13 heavy (non-hydrogen) atoms. The molecule has 1 aromatic carbocycles. The number of nitrogens with one attached hydrogen (secondary N) is 1. The normalized spacial score (nSPS) is 13.2. The van der Waals surface area contributed by atoms with Crippen LogP contribution in [0.3, 0.4) is 0 Å². The van der Waals surface area contributed by atoms with Crippen molar-refractivity contribution < 1.29 is 0 Å². The van der Waals surface area contributed by atoms with Crippen LogP contribution >= 0.6 is 20.7 Å². The largest absolute Gasteiger partial charge is 0.384 e. The second-order valence-electron chi connectivity index (χ2n) is 2.79. The summed E-state index contributed by atoms with van der Waals surface area (Å²) in [5.74, 6) is 0.136. The van der Waals surface area contributed by atoms with Gasteiger partial charge in [0, 0.05) is 5.56 Å². The molecule has 0 bridgehead atoms. The molecule has 0 amide bonds. The lowest BCUT2D eigenvalue weighted by atomic mass is 10.0. The highest BCUT2D eigenvalue weighted by Gasteiger charge is 2.02. The molecule has 1 aromatic rings. The van der Waals surface area contributed by atoms with Crippen molar-refractivity contribution in [3.63, 3.8) is 0 Å². The molecule has 1 aliphatic heterocycles. The van der Waals surface area contributed by atoms with Gasteiger partial charge in [-0.15, -0.1) is 0 Å². The summed E-state index contributed by atoms with van der Waals surface area (Å²) in [4.78, 5) is 0. The molecule has 0 saturated carbocycles. The van der Waals surface area contributed by atoms with E-state index in [4.69, 9.17) is 11.1 Å². The summed E-state index contributed by atoms with van der Waals surface area (Å²) in [5, 5.41) is 7.30. The number of halogens is 1. The molecule has 0 radical (unpaired) electrons. The summed E-state index contributed by atoms with van der Waals surface area (Å²) in [7, 11) is 0. The Kier molecular flexibility index (Phi) is 2.26. The van der Waals surface area contributed by atoms with E-state index >= 15 is 0 Å². The van der Waals surface area contributed by atoms with Crippen LogP contribution in [0.2, 0.25) is 0 Å². The molecule has 0 fully saturated rings. The monoisotopic (exact) mass is 284 g/mol. The Labute approximate surface area is 86.7 Å². The standard InChI is InChI=1S/C10H9IN2/c12-10(13)8-1-2-9-6-11-4-3-7(9)5-8/h1-6H,(H3,12,13). The predicted octanol–water partition coefficient (Wildman–Crippen LogP) is 2.08. The van der Waals surface area contributed by atoms with Gasteiger partial charge in [-0.2, -0.15) is 0 Å². The lowest BCUT2D eigenvalue weighted by Gasteiger charge is -2.06. The Balaban J connectivity index is 2.54. The average molecular weight is 284 g/mol. The molecular formula is C10H9IN2. The zero-order valence-electron chi connectivity index (χ0n) is 6.92. The maximum Gasteiger partial charge on any atom is 0.122 e. The maximum atomic E-state index is 7.30. The van der Waals surface area contributed by atoms with Crippen LogP contribution in [-0.4, -0.2) is 9.85 Å². The summed E-state index contributed by atoms with van der Waals surface area (Å²) in [6.07, 6.45) is 2.12. The van der Waals surface area contributed by atoms with E-state index in [2.05, 4.69) is 14.2 Å². The second kappa shape index (κ2) is 3.41. The highest BCUT2D eigenvalue weighted by molar-refractivity contribution is 14.2. The molecule has 3 heteroatoms. The number of hydrogen-bond donors (Lipinski definition) is 2. The number of rotatable bonds is 1. The van der Waals surface area contributed by atoms with Gasteiger partial charge in [0.2, 0.25) is 0 Å². The first-order valence-corrected chi connectivity index (χ1v) is 6.37. The number of fused-ring (bicyclic) bond motifs is 1. The molecule has 1 aliphatic rings. The van der Waals surface area contributed by atoms with Gasteiger partial charge in [-0.3, -0.25) is 5.41 Å². The molecule has 0 aliphatic carbocycles. The van der Waals surface area contributed by atoms with Crippen molar-refractivity contribution in [2.45, 2.75) is 0 Å². The molecule has 0 aromatic heterocycles. The molecule has 66 valence electrons. The smallest absolute Gasteiger partial charge is 0.122 e. The van der Waals surface area contributed by atoms with E-state index in [0.717, 1.165) is 5.56 Å². The summed E-state index contributed by atoms with van der Waals surface area (Å²) in [5.41, 5.74) is 8.66. The molecule has 3 N–H and O–H groups in total. The van der Waals surface area contributed by atoms with Crippen molar-refractivity contribution in [3.05, 3.63) is 39.0 Å². The third kappa shape index (κ3) is 1.70. The summed E-state index contributed by atoms with van der Waals surface area (Å²) >= 11 is 0.110. The topological polar surface area (TPSA) is 49.9 Å². The Morgan fingerprint density at radius 3 is 2.92 bits per heavy atom. The Hall–Kier alpha value is -0.970. The molecule has 2 nitrogen and oxygen atoms in total. The van der Waals surface area contributed by atoms with Crippen LogP contribution in [0.5, 0.6) is 0 Å². The van der Waals surface area contributed by atoms with Gasteiger partial charge in [0.05, 0.1) is 0 Å². The summed E-state index contributed by atoms with van der Waals surface area (Å²) < 4.78 is 4.49. The van der Waals surface area contributed by atoms with E-state index in [1.807, 2.05) is 18.2 Å². The SMILES string of the molecule is N=C(N)c1ccc2c(c1)C=CI=C2. The van der Waals surface area contributed by atoms with Crippen LogP contribution in [0.4, 0.5) is 0 Å². The van der Waals surface area contributed by atoms with Gasteiger partial charge in [-0.05, 0) is 31.4 Å². The van der Waals surface area contributed by atoms with E-state index in [0.29, 0.717) is 0 Å². The second-order valence-corrected chi connectivity index (χ2v) is 4.85. The first-order valence-electron chi connectivity index (χ1n) is 3.87. The minimum Gasteiger partial charge on any atom is -0.384 e. The van der Waals surface area contributed by atoms with Crippen molar-refractivity contribution in [1.82, 2.24) is 0 Å². The molecule has 1 heterocycles. The molecule has 2 rings (SSSR count). The van der Waals surface area contributed by atoms with Gasteiger partial charge in [0.15, 0.2) is 0 Å². The third-order valence-electron chi connectivity index (χ3n) is 1.89. The molecule has 0 atom stereocenters. The van der Waals surface area contributed by atoms with Crippen molar-refractivity contribution in [2.24, 2.45) is 5.73 Å². The molecule has 0 saturated heterocycles. The first kappa shape index (κ1) is 8.62. The van der Waals surface area contributed by atoms with Gasteiger partial charge in [-0.1, -0.05) is 32.9 Å². The lowest BCUT2D eigenvalue weighted by Crippen LogP contribution is -2.11. The van der Waals surface area contributed by atoms with E-state index in [9.17, 15) is 0 Å². The van der Waals surface area contributed by atoms with Crippen LogP contribution in [0.25, 0.3) is 6.08 Å². The van der Waals surface area contributed by atoms with Crippen molar-refractivity contribution >= 4 is 36.7 Å². The highest BCUT2D eigenvalue weighted by atomic mass is 127. The lowest BCUT2D eigenvalue weighted by molar-refractivity contribution is 1.42. The minimum absolute atomic E-state index is 0.110. The van der Waals surface area contributed by atoms with Gasteiger partial charge in [-0.25, -0.2) is 0 Å². The van der Waals surface area contributed by atoms with Crippen molar-refractivity contribution in [1.29, 1.82) is 5.41 Å². The third-order valence-corrected chi connectivity index (χ3v) is 3.70. The summed E-state index contributed by atoms with van der Waals surface area (Å²) in [6.45, 7) is 0. The zero-order chi connectivity index (χ0) is 9.26.